The molecular formula is C20H17N5O2. The van der Waals surface area contributed by atoms with E-state index in [4.69, 9.17) is 0 Å². The van der Waals surface area contributed by atoms with Crippen LogP contribution in [0.4, 0.5) is 5.69 Å². The molecule has 1 N–H and O–H groups in total. The minimum Gasteiger partial charge on any atom is -0.321 e. The molecule has 4 rings (SSSR count). The summed E-state index contributed by atoms with van der Waals surface area (Å²) in [5, 5.41) is 6.72. The topological polar surface area (TPSA) is 81.3 Å². The zero-order valence-corrected chi connectivity index (χ0v) is 14.9. The van der Waals surface area contributed by atoms with Crippen LogP contribution < -0.4 is 10.9 Å². The molecule has 0 spiro atoms. The number of hydrogen-bond acceptors (Lipinski definition) is 4. The van der Waals surface area contributed by atoms with Gasteiger partial charge in [0.25, 0.3) is 11.5 Å². The average molecular weight is 359 g/mol. The molecule has 0 fully saturated rings. The summed E-state index contributed by atoms with van der Waals surface area (Å²) in [6.45, 7) is 2.03. The van der Waals surface area contributed by atoms with Crippen molar-refractivity contribution in [3.8, 4) is 11.3 Å². The molecule has 1 amide bonds. The molecule has 0 saturated heterocycles. The number of fused-ring (bicyclic) bond motifs is 1. The standard InChI is InChI=1S/C20H17N5O2/c1-13-9-10-25-12-17(22-18(25)11-13)14-3-5-15(6-4-14)21-20(27)16-7-8-19(26)24(2)23-16/h3-12H,1-2H3,(H,21,27). The van der Waals surface area contributed by atoms with Crippen molar-refractivity contribution in [2.45, 2.75) is 6.92 Å². The van der Waals surface area contributed by atoms with Crippen LogP contribution >= 0.6 is 0 Å². The predicted octanol–water partition coefficient (Wildman–Crippen LogP) is 2.66. The Bertz CT molecular complexity index is 1210. The van der Waals surface area contributed by atoms with Crippen molar-refractivity contribution < 1.29 is 4.79 Å². The fraction of sp³-hybridized carbons (Fsp3) is 0.100. The van der Waals surface area contributed by atoms with Gasteiger partial charge in [-0.25, -0.2) is 9.67 Å². The second kappa shape index (κ2) is 6.53. The number of pyridine rings is 1. The van der Waals surface area contributed by atoms with Gasteiger partial charge in [0.2, 0.25) is 0 Å². The van der Waals surface area contributed by atoms with Crippen LogP contribution in [0.5, 0.6) is 0 Å². The van der Waals surface area contributed by atoms with Crippen LogP contribution in [0.3, 0.4) is 0 Å². The molecule has 0 unspecified atom stereocenters. The average Bonchev–Trinajstić information content (AvgIpc) is 3.07. The number of imidazole rings is 1. The zero-order valence-electron chi connectivity index (χ0n) is 14.9. The van der Waals surface area contributed by atoms with Crippen LogP contribution in [-0.4, -0.2) is 25.1 Å². The van der Waals surface area contributed by atoms with Crippen molar-refractivity contribution in [2.75, 3.05) is 5.32 Å². The summed E-state index contributed by atoms with van der Waals surface area (Å²) in [4.78, 5) is 28.3. The highest BCUT2D eigenvalue weighted by Gasteiger charge is 2.10. The third-order valence-corrected chi connectivity index (χ3v) is 4.25. The summed E-state index contributed by atoms with van der Waals surface area (Å²) >= 11 is 0. The Morgan fingerprint density at radius 3 is 2.59 bits per heavy atom. The van der Waals surface area contributed by atoms with E-state index < -0.39 is 0 Å². The summed E-state index contributed by atoms with van der Waals surface area (Å²) in [5.41, 5.74) is 4.41. The molecular weight excluding hydrogens is 342 g/mol. The smallest absolute Gasteiger partial charge is 0.276 e. The molecule has 0 aliphatic rings. The molecule has 27 heavy (non-hydrogen) atoms. The van der Waals surface area contributed by atoms with E-state index in [1.165, 1.54) is 19.2 Å². The van der Waals surface area contributed by atoms with Crippen molar-refractivity contribution >= 4 is 17.2 Å². The van der Waals surface area contributed by atoms with Crippen molar-refractivity contribution in [1.82, 2.24) is 19.2 Å². The van der Waals surface area contributed by atoms with Gasteiger partial charge in [0.15, 0.2) is 0 Å². The van der Waals surface area contributed by atoms with Crippen LogP contribution in [0.25, 0.3) is 16.9 Å². The number of benzene rings is 1. The highest BCUT2D eigenvalue weighted by atomic mass is 16.2. The minimum atomic E-state index is -0.374. The highest BCUT2D eigenvalue weighted by Crippen LogP contribution is 2.22. The van der Waals surface area contributed by atoms with Crippen LogP contribution in [0.15, 0.2) is 65.7 Å². The van der Waals surface area contributed by atoms with Gasteiger partial charge in [-0.15, -0.1) is 0 Å². The van der Waals surface area contributed by atoms with Crippen LogP contribution in [0, 0.1) is 6.92 Å². The molecule has 0 bridgehead atoms. The number of hydrogen-bond donors (Lipinski definition) is 1. The van der Waals surface area contributed by atoms with Crippen molar-refractivity contribution in [1.29, 1.82) is 0 Å². The molecule has 3 heterocycles. The first kappa shape index (κ1) is 16.7. The molecule has 0 radical (unpaired) electrons. The monoisotopic (exact) mass is 359 g/mol. The first-order chi connectivity index (χ1) is 13.0. The fourth-order valence-corrected chi connectivity index (χ4v) is 2.77. The van der Waals surface area contributed by atoms with Crippen LogP contribution in [0.2, 0.25) is 0 Å². The maximum absolute atomic E-state index is 12.3. The van der Waals surface area contributed by atoms with E-state index in [2.05, 4.69) is 15.4 Å². The molecule has 3 aromatic heterocycles. The van der Waals surface area contributed by atoms with Gasteiger partial charge in [-0.1, -0.05) is 12.1 Å². The number of nitrogens with zero attached hydrogens (tertiary/aromatic N) is 4. The van der Waals surface area contributed by atoms with E-state index in [1.54, 1.807) is 0 Å². The Balaban J connectivity index is 1.55. The van der Waals surface area contributed by atoms with Gasteiger partial charge < -0.3 is 9.72 Å². The number of aromatic nitrogens is 4. The van der Waals surface area contributed by atoms with E-state index in [1.807, 2.05) is 60.1 Å². The minimum absolute atomic E-state index is 0.178. The Morgan fingerprint density at radius 1 is 1.07 bits per heavy atom. The molecule has 7 nitrogen and oxygen atoms in total. The molecule has 1 aromatic carbocycles. The lowest BCUT2D eigenvalue weighted by Gasteiger charge is -2.06. The van der Waals surface area contributed by atoms with Crippen LogP contribution in [0.1, 0.15) is 16.1 Å². The second-order valence-electron chi connectivity index (χ2n) is 6.31. The maximum atomic E-state index is 12.3. The number of aryl methyl sites for hydroxylation is 2. The Hall–Kier alpha value is -3.74. The van der Waals surface area contributed by atoms with Crippen LogP contribution in [-0.2, 0) is 7.05 Å². The quantitative estimate of drug-likeness (QED) is 0.610. The summed E-state index contributed by atoms with van der Waals surface area (Å²) in [6.07, 6.45) is 3.95. The SMILES string of the molecule is Cc1ccn2cc(-c3ccc(NC(=O)c4ccc(=O)n(C)n4)cc3)nc2c1. The Labute approximate surface area is 154 Å². The second-order valence-corrected chi connectivity index (χ2v) is 6.31. The number of carbonyl (C=O) groups excluding carboxylic acids is 1. The third-order valence-electron chi connectivity index (χ3n) is 4.25. The largest absolute Gasteiger partial charge is 0.321 e. The molecule has 4 aromatic rings. The van der Waals surface area contributed by atoms with Gasteiger partial charge in [-0.2, -0.15) is 5.10 Å². The van der Waals surface area contributed by atoms with E-state index in [0.717, 1.165) is 27.1 Å². The van der Waals surface area contributed by atoms with Gasteiger partial charge in [0, 0.05) is 36.8 Å². The first-order valence-electron chi connectivity index (χ1n) is 8.41. The molecule has 134 valence electrons. The number of carbonyl (C=O) groups is 1. The number of nitrogens with one attached hydrogen (secondary N) is 1. The summed E-state index contributed by atoms with van der Waals surface area (Å²) in [5.74, 6) is -0.374. The first-order valence-corrected chi connectivity index (χ1v) is 8.41. The van der Waals surface area contributed by atoms with Gasteiger partial charge in [0.1, 0.15) is 11.3 Å². The number of anilines is 1. The van der Waals surface area contributed by atoms with Gasteiger partial charge >= 0.3 is 0 Å². The van der Waals surface area contributed by atoms with E-state index in [-0.39, 0.29) is 17.2 Å². The van der Waals surface area contributed by atoms with Gasteiger partial charge in [0.05, 0.1) is 5.69 Å². The molecule has 7 heteroatoms. The molecule has 0 atom stereocenters. The predicted molar refractivity (Wildman–Crippen MR) is 103 cm³/mol. The van der Waals surface area contributed by atoms with Gasteiger partial charge in [-0.3, -0.25) is 9.59 Å². The Kier molecular flexibility index (Phi) is 4.04. The van der Waals surface area contributed by atoms with Crippen molar-refractivity contribution in [2.24, 2.45) is 7.05 Å². The number of amides is 1. The number of rotatable bonds is 3. The maximum Gasteiger partial charge on any atom is 0.276 e. The highest BCUT2D eigenvalue weighted by molar-refractivity contribution is 6.02. The lowest BCUT2D eigenvalue weighted by atomic mass is 10.1. The van der Waals surface area contributed by atoms with E-state index >= 15 is 0 Å². The lowest BCUT2D eigenvalue weighted by molar-refractivity contribution is 0.102. The normalized spacial score (nSPS) is 10.9. The van der Waals surface area contributed by atoms with E-state index in [0.29, 0.717) is 5.69 Å². The fourth-order valence-electron chi connectivity index (χ4n) is 2.77. The molecule has 0 saturated carbocycles. The summed E-state index contributed by atoms with van der Waals surface area (Å²) in [6, 6.07) is 14.2. The summed E-state index contributed by atoms with van der Waals surface area (Å²) < 4.78 is 3.10. The van der Waals surface area contributed by atoms with Crippen molar-refractivity contribution in [3.05, 3.63) is 82.5 Å². The molecule has 0 aliphatic carbocycles. The lowest BCUT2D eigenvalue weighted by Crippen LogP contribution is -2.23. The summed E-state index contributed by atoms with van der Waals surface area (Å²) in [7, 11) is 1.50. The zero-order chi connectivity index (χ0) is 19.0. The molecule has 0 aliphatic heterocycles. The van der Waals surface area contributed by atoms with E-state index in [9.17, 15) is 9.59 Å². The van der Waals surface area contributed by atoms with Crippen molar-refractivity contribution in [3.63, 3.8) is 0 Å². The third kappa shape index (κ3) is 3.35. The Morgan fingerprint density at radius 2 is 1.85 bits per heavy atom. The van der Waals surface area contributed by atoms with Gasteiger partial charge in [-0.05, 0) is 42.8 Å².